The minimum Gasteiger partial charge on any atom is -0.342 e. The minimum absolute atomic E-state index is 0.118. The van der Waals surface area contributed by atoms with Crippen LogP contribution in [0.2, 0.25) is 0 Å². The molecule has 0 saturated carbocycles. The molecule has 1 atom stereocenters. The van der Waals surface area contributed by atoms with Crippen LogP contribution >= 0.6 is 0 Å². The van der Waals surface area contributed by atoms with E-state index in [1.54, 1.807) is 0 Å². The molecular weight excluding hydrogens is 222 g/mol. The largest absolute Gasteiger partial charge is 0.342 e. The highest BCUT2D eigenvalue weighted by Gasteiger charge is 2.24. The molecule has 1 unspecified atom stereocenters. The van der Waals surface area contributed by atoms with Crippen molar-refractivity contribution < 1.29 is 13.2 Å². The molecule has 1 aromatic rings. The standard InChI is InChI=1S/C6H7N5O3S/c12-6(5-8-10-11-9-5)7-4-1-2-15(13,14)3-4/h1-2,4H,3H2,(H,7,12)(H,8,9,10,11). The molecule has 1 aliphatic rings. The number of H-pyrrole nitrogens is 1. The first-order valence-corrected chi connectivity index (χ1v) is 5.74. The zero-order valence-electron chi connectivity index (χ0n) is 7.41. The first-order chi connectivity index (χ1) is 7.07. The summed E-state index contributed by atoms with van der Waals surface area (Å²) < 4.78 is 22.0. The van der Waals surface area contributed by atoms with Crippen LogP contribution in [-0.2, 0) is 9.84 Å². The van der Waals surface area contributed by atoms with E-state index in [1.807, 2.05) is 0 Å². The lowest BCUT2D eigenvalue weighted by atomic mass is 10.3. The van der Waals surface area contributed by atoms with Gasteiger partial charge in [0, 0.05) is 5.41 Å². The van der Waals surface area contributed by atoms with E-state index in [0.717, 1.165) is 5.41 Å². The summed E-state index contributed by atoms with van der Waals surface area (Å²) in [6, 6.07) is -0.527. The van der Waals surface area contributed by atoms with Crippen molar-refractivity contribution in [1.82, 2.24) is 25.9 Å². The summed E-state index contributed by atoms with van der Waals surface area (Å²) in [5.41, 5.74) is 0. The summed E-state index contributed by atoms with van der Waals surface area (Å²) >= 11 is 0. The molecule has 0 aromatic carbocycles. The number of carbonyl (C=O) groups excluding carboxylic acids is 1. The molecule has 0 bridgehead atoms. The Morgan fingerprint density at radius 3 is 2.93 bits per heavy atom. The van der Waals surface area contributed by atoms with E-state index >= 15 is 0 Å². The number of aromatic nitrogens is 4. The van der Waals surface area contributed by atoms with Crippen LogP contribution in [-0.4, -0.2) is 46.7 Å². The number of rotatable bonds is 2. The summed E-state index contributed by atoms with van der Waals surface area (Å²) in [5.74, 6) is -0.806. The van der Waals surface area contributed by atoms with Gasteiger partial charge in [0.1, 0.15) is 0 Å². The van der Waals surface area contributed by atoms with Crippen LogP contribution in [0.4, 0.5) is 0 Å². The Morgan fingerprint density at radius 1 is 1.60 bits per heavy atom. The predicted octanol–water partition coefficient (Wildman–Crippen LogP) is -1.76. The van der Waals surface area contributed by atoms with Crippen LogP contribution in [0.1, 0.15) is 10.6 Å². The van der Waals surface area contributed by atoms with E-state index < -0.39 is 21.8 Å². The molecule has 1 aliphatic heterocycles. The highest BCUT2D eigenvalue weighted by atomic mass is 32.2. The van der Waals surface area contributed by atoms with Crippen LogP contribution in [0.15, 0.2) is 11.5 Å². The fourth-order valence-corrected chi connectivity index (χ4v) is 2.39. The molecule has 1 amide bonds. The molecule has 0 saturated heterocycles. The van der Waals surface area contributed by atoms with E-state index in [1.165, 1.54) is 6.08 Å². The maximum absolute atomic E-state index is 11.3. The molecule has 15 heavy (non-hydrogen) atoms. The molecule has 0 fully saturated rings. The van der Waals surface area contributed by atoms with Crippen molar-refractivity contribution in [1.29, 1.82) is 0 Å². The van der Waals surface area contributed by atoms with Gasteiger partial charge in [-0.3, -0.25) is 4.79 Å². The Balaban J connectivity index is 2.01. The van der Waals surface area contributed by atoms with Crippen molar-refractivity contribution >= 4 is 15.7 Å². The van der Waals surface area contributed by atoms with Crippen molar-refractivity contribution in [3.05, 3.63) is 17.3 Å². The van der Waals surface area contributed by atoms with Gasteiger partial charge in [-0.15, -0.1) is 10.2 Å². The Labute approximate surface area is 84.7 Å². The minimum atomic E-state index is -3.17. The second-order valence-electron chi connectivity index (χ2n) is 2.97. The Bertz CT molecular complexity index is 491. The zero-order chi connectivity index (χ0) is 10.9. The normalized spacial score (nSPS) is 22.8. The van der Waals surface area contributed by atoms with Gasteiger partial charge < -0.3 is 5.32 Å². The Kier molecular flexibility index (Phi) is 2.23. The van der Waals surface area contributed by atoms with Crippen molar-refractivity contribution in [2.45, 2.75) is 6.04 Å². The Morgan fingerprint density at radius 2 is 2.40 bits per heavy atom. The topological polar surface area (TPSA) is 118 Å². The average Bonchev–Trinajstić information content (AvgIpc) is 2.74. The fraction of sp³-hybridized carbons (Fsp3) is 0.333. The molecule has 9 heteroatoms. The van der Waals surface area contributed by atoms with Crippen LogP contribution in [0.3, 0.4) is 0 Å². The fourth-order valence-electron chi connectivity index (χ4n) is 1.16. The average molecular weight is 229 g/mol. The van der Waals surface area contributed by atoms with Gasteiger partial charge in [0.25, 0.3) is 11.7 Å². The quantitative estimate of drug-likeness (QED) is 0.620. The summed E-state index contributed by atoms with van der Waals surface area (Å²) in [6.45, 7) is 0. The third kappa shape index (κ3) is 2.18. The van der Waals surface area contributed by atoms with Crippen molar-refractivity contribution in [3.8, 4) is 0 Å². The maximum Gasteiger partial charge on any atom is 0.293 e. The van der Waals surface area contributed by atoms with E-state index in [-0.39, 0.29) is 11.6 Å². The number of hydrogen-bond donors (Lipinski definition) is 2. The number of tetrazole rings is 1. The highest BCUT2D eigenvalue weighted by Crippen LogP contribution is 2.07. The molecule has 2 heterocycles. The van der Waals surface area contributed by atoms with E-state index in [4.69, 9.17) is 0 Å². The SMILES string of the molecule is O=C(NC1C=CS(=O)(=O)C1)c1nn[nH]n1. The van der Waals surface area contributed by atoms with Gasteiger partial charge in [-0.05, 0) is 11.3 Å². The van der Waals surface area contributed by atoms with E-state index in [0.29, 0.717) is 0 Å². The molecule has 0 aliphatic carbocycles. The lowest BCUT2D eigenvalue weighted by Gasteiger charge is -2.06. The van der Waals surface area contributed by atoms with Gasteiger partial charge in [0.2, 0.25) is 0 Å². The van der Waals surface area contributed by atoms with Crippen LogP contribution < -0.4 is 5.32 Å². The summed E-state index contributed by atoms with van der Waals surface area (Å²) in [7, 11) is -3.17. The molecule has 1 aromatic heterocycles. The number of hydrogen-bond acceptors (Lipinski definition) is 6. The number of amides is 1. The van der Waals surface area contributed by atoms with Gasteiger partial charge in [-0.25, -0.2) is 8.42 Å². The third-order valence-electron chi connectivity index (χ3n) is 1.80. The second kappa shape index (κ2) is 3.42. The van der Waals surface area contributed by atoms with E-state index in [2.05, 4.69) is 25.9 Å². The van der Waals surface area contributed by atoms with Gasteiger partial charge in [0.15, 0.2) is 9.84 Å². The molecule has 2 rings (SSSR count). The lowest BCUT2D eigenvalue weighted by molar-refractivity contribution is 0.0937. The number of nitrogens with zero attached hydrogens (tertiary/aromatic N) is 3. The first kappa shape index (κ1) is 9.77. The van der Waals surface area contributed by atoms with Crippen molar-refractivity contribution in [2.24, 2.45) is 0 Å². The second-order valence-corrected chi connectivity index (χ2v) is 4.90. The molecule has 2 N–H and O–H groups in total. The maximum atomic E-state index is 11.3. The van der Waals surface area contributed by atoms with E-state index in [9.17, 15) is 13.2 Å². The Hall–Kier alpha value is -1.77. The molecule has 80 valence electrons. The van der Waals surface area contributed by atoms with Gasteiger partial charge >= 0.3 is 0 Å². The highest BCUT2D eigenvalue weighted by molar-refractivity contribution is 7.94. The zero-order valence-corrected chi connectivity index (χ0v) is 8.23. The van der Waals surface area contributed by atoms with Crippen LogP contribution in [0, 0.1) is 0 Å². The lowest BCUT2D eigenvalue weighted by Crippen LogP contribution is -2.36. The van der Waals surface area contributed by atoms with Gasteiger partial charge in [0.05, 0.1) is 11.8 Å². The van der Waals surface area contributed by atoms with Crippen molar-refractivity contribution in [2.75, 3.05) is 5.75 Å². The molecule has 8 nitrogen and oxygen atoms in total. The first-order valence-electron chi connectivity index (χ1n) is 4.02. The van der Waals surface area contributed by atoms with Crippen LogP contribution in [0.25, 0.3) is 0 Å². The van der Waals surface area contributed by atoms with Gasteiger partial charge in [-0.2, -0.15) is 5.21 Å². The number of carbonyl (C=O) groups is 1. The third-order valence-corrected chi connectivity index (χ3v) is 3.19. The monoisotopic (exact) mass is 229 g/mol. The smallest absolute Gasteiger partial charge is 0.293 e. The number of nitrogens with one attached hydrogen (secondary N) is 2. The molecular formula is C6H7N5O3S. The van der Waals surface area contributed by atoms with Crippen LogP contribution in [0.5, 0.6) is 0 Å². The summed E-state index contributed by atoms with van der Waals surface area (Å²) in [6.07, 6.45) is 1.41. The molecule has 0 radical (unpaired) electrons. The number of aromatic amines is 1. The predicted molar refractivity (Wildman–Crippen MR) is 48.4 cm³/mol. The summed E-state index contributed by atoms with van der Waals surface area (Å²) in [4.78, 5) is 11.3. The van der Waals surface area contributed by atoms with Gasteiger partial charge in [-0.1, -0.05) is 0 Å². The molecule has 0 spiro atoms. The van der Waals surface area contributed by atoms with Crippen molar-refractivity contribution in [3.63, 3.8) is 0 Å². The summed E-state index contributed by atoms with van der Waals surface area (Å²) in [5, 5.41) is 15.8. The number of sulfone groups is 1.